The molecule has 0 unspecified atom stereocenters. The molecule has 0 bridgehead atoms. The molecule has 4 heteroatoms. The van der Waals surface area contributed by atoms with Gasteiger partial charge in [-0.15, -0.1) is 0 Å². The molecule has 0 aromatic heterocycles. The fourth-order valence-electron chi connectivity index (χ4n) is 0.458. The van der Waals surface area contributed by atoms with Crippen LogP contribution in [0.25, 0.3) is 0 Å². The van der Waals surface area contributed by atoms with Crippen molar-refractivity contribution in [2.75, 3.05) is 11.5 Å². The minimum Gasteiger partial charge on any atom is -0.390 e. The molecule has 0 aliphatic carbocycles. The molecule has 0 saturated carbocycles. The molecule has 0 spiro atoms. The summed E-state index contributed by atoms with van der Waals surface area (Å²) in [6.45, 7) is 0. The van der Waals surface area contributed by atoms with E-state index >= 15 is 0 Å². The Balaban J connectivity index is 2.28. The SMILES string of the molecule is O[C@@H]1CSSC[C@@H]1O. The first-order valence-electron chi connectivity index (χ1n) is 2.41. The third kappa shape index (κ3) is 1.55. The van der Waals surface area contributed by atoms with Crippen LogP contribution in [0, 0.1) is 0 Å². The van der Waals surface area contributed by atoms with Gasteiger partial charge in [-0.3, -0.25) is 0 Å². The van der Waals surface area contributed by atoms with Crippen molar-refractivity contribution in [3.63, 3.8) is 0 Å². The number of aliphatic hydroxyl groups excluding tert-OH is 2. The lowest BCUT2D eigenvalue weighted by Crippen LogP contribution is -2.32. The van der Waals surface area contributed by atoms with Gasteiger partial charge < -0.3 is 10.2 Å². The molecule has 0 aromatic rings. The van der Waals surface area contributed by atoms with Crippen LogP contribution in [0.2, 0.25) is 0 Å². The third-order valence-electron chi connectivity index (χ3n) is 1.01. The number of rotatable bonds is 0. The van der Waals surface area contributed by atoms with Crippen LogP contribution in [0.5, 0.6) is 0 Å². The topological polar surface area (TPSA) is 40.5 Å². The van der Waals surface area contributed by atoms with Crippen LogP contribution in [0.1, 0.15) is 0 Å². The van der Waals surface area contributed by atoms with Crippen LogP contribution in [-0.4, -0.2) is 33.9 Å². The lowest BCUT2D eigenvalue weighted by molar-refractivity contribution is 0.0493. The maximum Gasteiger partial charge on any atom is 0.0906 e. The maximum atomic E-state index is 8.89. The van der Waals surface area contributed by atoms with Crippen molar-refractivity contribution in [3.05, 3.63) is 0 Å². The van der Waals surface area contributed by atoms with Crippen molar-refractivity contribution in [2.24, 2.45) is 0 Å². The highest BCUT2D eigenvalue weighted by molar-refractivity contribution is 8.76. The summed E-state index contributed by atoms with van der Waals surface area (Å²) in [7, 11) is 3.23. The van der Waals surface area contributed by atoms with Crippen LogP contribution in [0.3, 0.4) is 0 Å². The van der Waals surface area contributed by atoms with E-state index in [4.69, 9.17) is 10.2 Å². The van der Waals surface area contributed by atoms with Gasteiger partial charge in [0.05, 0.1) is 12.2 Å². The van der Waals surface area contributed by atoms with Crippen LogP contribution < -0.4 is 0 Å². The Morgan fingerprint density at radius 1 is 1.00 bits per heavy atom. The molecular formula is C4H8O2S2. The monoisotopic (exact) mass is 152 g/mol. The molecular weight excluding hydrogens is 144 g/mol. The number of hydrogen-bond acceptors (Lipinski definition) is 4. The van der Waals surface area contributed by atoms with E-state index in [9.17, 15) is 0 Å². The molecule has 1 heterocycles. The predicted octanol–water partition coefficient (Wildman–Crippen LogP) is 0.103. The highest BCUT2D eigenvalue weighted by Crippen LogP contribution is 2.29. The predicted molar refractivity (Wildman–Crippen MR) is 36.9 cm³/mol. The standard InChI is InChI=1S/C4H8O2S2/c5-3-1-7-8-2-4(3)6/h3-6H,1-2H2/t3-,4+. The highest BCUT2D eigenvalue weighted by Gasteiger charge is 2.20. The van der Waals surface area contributed by atoms with Gasteiger partial charge in [-0.05, 0) is 0 Å². The van der Waals surface area contributed by atoms with E-state index < -0.39 is 12.2 Å². The zero-order valence-corrected chi connectivity index (χ0v) is 5.91. The summed E-state index contributed by atoms with van der Waals surface area (Å²) in [4.78, 5) is 0. The Hall–Kier alpha value is 0.620. The molecule has 1 saturated heterocycles. The minimum absolute atomic E-state index is 0.499. The van der Waals surface area contributed by atoms with Gasteiger partial charge in [0.1, 0.15) is 0 Å². The second kappa shape index (κ2) is 2.96. The zero-order valence-electron chi connectivity index (χ0n) is 4.28. The average molecular weight is 152 g/mol. The number of aliphatic hydroxyl groups is 2. The van der Waals surface area contributed by atoms with Gasteiger partial charge >= 0.3 is 0 Å². The first-order valence-corrected chi connectivity index (χ1v) is 4.90. The van der Waals surface area contributed by atoms with E-state index in [1.54, 1.807) is 21.6 Å². The average Bonchev–Trinajstić information content (AvgIpc) is 1.77. The van der Waals surface area contributed by atoms with Gasteiger partial charge in [0, 0.05) is 11.5 Å². The van der Waals surface area contributed by atoms with Crippen molar-refractivity contribution in [1.82, 2.24) is 0 Å². The molecule has 8 heavy (non-hydrogen) atoms. The molecule has 1 aliphatic rings. The second-order valence-electron chi connectivity index (χ2n) is 1.70. The van der Waals surface area contributed by atoms with Gasteiger partial charge in [0.25, 0.3) is 0 Å². The van der Waals surface area contributed by atoms with Gasteiger partial charge in [0.15, 0.2) is 0 Å². The molecule has 2 nitrogen and oxygen atoms in total. The Morgan fingerprint density at radius 2 is 1.38 bits per heavy atom. The lowest BCUT2D eigenvalue weighted by atomic mass is 10.3. The van der Waals surface area contributed by atoms with E-state index in [0.717, 1.165) is 0 Å². The summed E-state index contributed by atoms with van der Waals surface area (Å²) in [6.07, 6.45) is -0.998. The van der Waals surface area contributed by atoms with Crippen LogP contribution in [0.15, 0.2) is 0 Å². The first kappa shape index (κ1) is 6.74. The van der Waals surface area contributed by atoms with E-state index in [1.807, 2.05) is 0 Å². The minimum atomic E-state index is -0.499. The van der Waals surface area contributed by atoms with Gasteiger partial charge in [0.2, 0.25) is 0 Å². The summed E-state index contributed by atoms with van der Waals surface area (Å²) in [5, 5.41) is 17.8. The largest absolute Gasteiger partial charge is 0.390 e. The smallest absolute Gasteiger partial charge is 0.0906 e. The molecule has 0 amide bonds. The third-order valence-corrected chi connectivity index (χ3v) is 3.44. The van der Waals surface area contributed by atoms with Crippen molar-refractivity contribution in [2.45, 2.75) is 12.2 Å². The number of hydrogen-bond donors (Lipinski definition) is 2. The normalized spacial score (nSPS) is 39.8. The molecule has 48 valence electrons. The summed E-state index contributed by atoms with van der Waals surface area (Å²) in [6, 6.07) is 0. The molecule has 2 atom stereocenters. The first-order chi connectivity index (χ1) is 3.80. The maximum absolute atomic E-state index is 8.89. The Morgan fingerprint density at radius 3 is 1.62 bits per heavy atom. The lowest BCUT2D eigenvalue weighted by Gasteiger charge is -2.20. The van der Waals surface area contributed by atoms with Crippen molar-refractivity contribution in [1.29, 1.82) is 0 Å². The van der Waals surface area contributed by atoms with Gasteiger partial charge in [-0.1, -0.05) is 21.6 Å². The van der Waals surface area contributed by atoms with E-state index in [0.29, 0.717) is 11.5 Å². The molecule has 1 rings (SSSR count). The quantitative estimate of drug-likeness (QED) is 0.483. The summed E-state index contributed by atoms with van der Waals surface area (Å²) in [5.74, 6) is 1.32. The highest BCUT2D eigenvalue weighted by atomic mass is 33.1. The Bertz CT molecular complexity index is 68.4. The van der Waals surface area contributed by atoms with Gasteiger partial charge in [-0.2, -0.15) is 0 Å². The van der Waals surface area contributed by atoms with Crippen LogP contribution >= 0.6 is 21.6 Å². The molecule has 1 fully saturated rings. The van der Waals surface area contributed by atoms with E-state index in [2.05, 4.69) is 0 Å². The molecule has 0 aromatic carbocycles. The summed E-state index contributed by atoms with van der Waals surface area (Å²) in [5.41, 5.74) is 0. The zero-order chi connectivity index (χ0) is 5.98. The molecule has 1 aliphatic heterocycles. The second-order valence-corrected chi connectivity index (χ2v) is 4.26. The van der Waals surface area contributed by atoms with E-state index in [-0.39, 0.29) is 0 Å². The Kier molecular flexibility index (Phi) is 2.49. The molecule has 0 radical (unpaired) electrons. The molecule has 2 N–H and O–H groups in total. The van der Waals surface area contributed by atoms with Crippen LogP contribution in [-0.2, 0) is 0 Å². The van der Waals surface area contributed by atoms with Gasteiger partial charge in [-0.25, -0.2) is 0 Å². The van der Waals surface area contributed by atoms with E-state index in [1.165, 1.54) is 0 Å². The van der Waals surface area contributed by atoms with Crippen molar-refractivity contribution >= 4 is 21.6 Å². The van der Waals surface area contributed by atoms with Crippen LogP contribution in [0.4, 0.5) is 0 Å². The van der Waals surface area contributed by atoms with Crippen molar-refractivity contribution < 1.29 is 10.2 Å². The van der Waals surface area contributed by atoms with Crippen molar-refractivity contribution in [3.8, 4) is 0 Å². The summed E-state index contributed by atoms with van der Waals surface area (Å²) < 4.78 is 0. The fourth-order valence-corrected chi connectivity index (χ4v) is 2.79. The fraction of sp³-hybridized carbons (Fsp3) is 1.00. The Labute approximate surface area is 56.1 Å². The summed E-state index contributed by atoms with van der Waals surface area (Å²) >= 11 is 0.